The maximum atomic E-state index is 12.4. The van der Waals surface area contributed by atoms with E-state index in [1.54, 1.807) is 18.5 Å². The number of nitrogens with zero attached hydrogens (tertiary/aromatic N) is 3. The lowest BCUT2D eigenvalue weighted by Gasteiger charge is -2.18. The van der Waals surface area contributed by atoms with Crippen LogP contribution in [-0.2, 0) is 24.2 Å². The number of nitrogens with one attached hydrogen (secondary N) is 1. The van der Waals surface area contributed by atoms with Crippen LogP contribution in [0.3, 0.4) is 0 Å². The van der Waals surface area contributed by atoms with Crippen molar-refractivity contribution in [2.24, 2.45) is 11.7 Å². The van der Waals surface area contributed by atoms with Crippen molar-refractivity contribution in [3.05, 3.63) is 37.5 Å². The Labute approximate surface area is 172 Å². The fourth-order valence-corrected chi connectivity index (χ4v) is 5.28. The molecule has 2 amide bonds. The Morgan fingerprint density at radius 3 is 2.76 bits per heavy atom. The fraction of sp³-hybridized carbons (Fsp3) is 0.526. The smallest absolute Gasteiger partial charge is 0.312 e. The summed E-state index contributed by atoms with van der Waals surface area (Å²) in [5.74, 6) is -0.173. The first kappa shape index (κ1) is 21.0. The van der Waals surface area contributed by atoms with Crippen molar-refractivity contribution in [3.8, 4) is 0 Å². The van der Waals surface area contributed by atoms with Crippen LogP contribution in [0.25, 0.3) is 0 Å². The molecule has 0 fully saturated rings. The molecule has 0 unspecified atom stereocenters. The number of primary amides is 1. The predicted octanol–water partition coefficient (Wildman–Crippen LogP) is 3.11. The van der Waals surface area contributed by atoms with E-state index in [4.69, 9.17) is 5.73 Å². The van der Waals surface area contributed by atoms with Crippen LogP contribution in [0.1, 0.15) is 58.4 Å². The van der Waals surface area contributed by atoms with Crippen molar-refractivity contribution in [2.45, 2.75) is 59.4 Å². The highest BCUT2D eigenvalue weighted by atomic mass is 32.1. The lowest BCUT2D eigenvalue weighted by Crippen LogP contribution is -2.19. The van der Waals surface area contributed by atoms with Crippen molar-refractivity contribution < 1.29 is 14.5 Å². The maximum Gasteiger partial charge on any atom is 0.312 e. The van der Waals surface area contributed by atoms with Gasteiger partial charge in [0, 0.05) is 17.8 Å². The number of hydrogen-bond donors (Lipinski definition) is 2. The average molecular weight is 420 g/mol. The van der Waals surface area contributed by atoms with Crippen molar-refractivity contribution in [2.75, 3.05) is 5.32 Å². The number of nitrogens with two attached hydrogens (primary N) is 1. The number of fused-ring (bicyclic) bond motifs is 1. The summed E-state index contributed by atoms with van der Waals surface area (Å²) in [6.07, 6.45) is 3.39. The molecule has 0 radical (unpaired) electrons. The molecule has 2 heterocycles. The van der Waals surface area contributed by atoms with E-state index >= 15 is 0 Å². The summed E-state index contributed by atoms with van der Waals surface area (Å²) in [5.41, 5.74) is 7.85. The van der Waals surface area contributed by atoms with Crippen LogP contribution in [0.4, 0.5) is 10.7 Å². The Bertz CT molecular complexity index is 978. The van der Waals surface area contributed by atoms with Crippen LogP contribution in [0, 0.1) is 29.9 Å². The van der Waals surface area contributed by atoms with Crippen LogP contribution < -0.4 is 11.1 Å². The van der Waals surface area contributed by atoms with E-state index in [1.165, 1.54) is 11.3 Å². The van der Waals surface area contributed by atoms with Crippen molar-refractivity contribution in [1.29, 1.82) is 0 Å². The van der Waals surface area contributed by atoms with Gasteiger partial charge in [0.05, 0.1) is 10.5 Å². The average Bonchev–Trinajstić information content (AvgIpc) is 3.10. The number of carbonyl (C=O) groups excluding carboxylic acids is 2. The second kappa shape index (κ2) is 8.32. The van der Waals surface area contributed by atoms with Gasteiger partial charge in [0.2, 0.25) is 5.91 Å². The van der Waals surface area contributed by atoms with Crippen LogP contribution in [0.15, 0.2) is 0 Å². The van der Waals surface area contributed by atoms with Crippen LogP contribution in [0.2, 0.25) is 0 Å². The number of nitro groups is 1. The third-order valence-electron chi connectivity index (χ3n) is 5.31. The summed E-state index contributed by atoms with van der Waals surface area (Å²) in [4.78, 5) is 36.2. The molecule has 29 heavy (non-hydrogen) atoms. The second-order valence-corrected chi connectivity index (χ2v) is 8.68. The number of amides is 2. The van der Waals surface area contributed by atoms with E-state index < -0.39 is 10.8 Å². The summed E-state index contributed by atoms with van der Waals surface area (Å²) in [5, 5.41) is 18.6. The van der Waals surface area contributed by atoms with E-state index in [9.17, 15) is 19.7 Å². The molecule has 3 rings (SSSR count). The third kappa shape index (κ3) is 4.31. The number of anilines is 1. The lowest BCUT2D eigenvalue weighted by atomic mass is 9.88. The summed E-state index contributed by atoms with van der Waals surface area (Å²) >= 11 is 1.44. The van der Waals surface area contributed by atoms with Crippen LogP contribution >= 0.6 is 11.3 Å². The summed E-state index contributed by atoms with van der Waals surface area (Å²) < 4.78 is 1.56. The molecule has 0 saturated heterocycles. The lowest BCUT2D eigenvalue weighted by molar-refractivity contribution is -0.386. The molecule has 156 valence electrons. The molecule has 0 saturated carbocycles. The molecule has 0 aliphatic heterocycles. The molecular formula is C19H25N5O4S. The first-order valence-electron chi connectivity index (χ1n) is 9.61. The Kier molecular flexibility index (Phi) is 6.02. The number of rotatable bonds is 7. The molecule has 1 atom stereocenters. The van der Waals surface area contributed by atoms with E-state index in [0.717, 1.165) is 29.7 Å². The van der Waals surface area contributed by atoms with Gasteiger partial charge in [-0.3, -0.25) is 24.4 Å². The van der Waals surface area contributed by atoms with E-state index in [1.807, 2.05) is 0 Å². The van der Waals surface area contributed by atoms with Gasteiger partial charge in [-0.05, 0) is 51.0 Å². The number of carbonyl (C=O) groups is 2. The van der Waals surface area contributed by atoms with E-state index in [0.29, 0.717) is 40.8 Å². The van der Waals surface area contributed by atoms with Gasteiger partial charge in [-0.1, -0.05) is 6.92 Å². The van der Waals surface area contributed by atoms with Crippen LogP contribution in [0.5, 0.6) is 0 Å². The predicted molar refractivity (Wildman–Crippen MR) is 110 cm³/mol. The summed E-state index contributed by atoms with van der Waals surface area (Å²) in [7, 11) is 0. The highest BCUT2D eigenvalue weighted by Gasteiger charge is 2.27. The summed E-state index contributed by atoms with van der Waals surface area (Å²) in [6.45, 7) is 5.82. The van der Waals surface area contributed by atoms with Gasteiger partial charge >= 0.3 is 5.69 Å². The van der Waals surface area contributed by atoms with Crippen molar-refractivity contribution in [1.82, 2.24) is 9.78 Å². The normalized spacial score (nSPS) is 15.8. The zero-order chi connectivity index (χ0) is 21.3. The fourth-order valence-electron chi connectivity index (χ4n) is 3.85. The van der Waals surface area contributed by atoms with Gasteiger partial charge in [-0.25, -0.2) is 0 Å². The monoisotopic (exact) mass is 419 g/mol. The van der Waals surface area contributed by atoms with Gasteiger partial charge in [0.1, 0.15) is 16.4 Å². The summed E-state index contributed by atoms with van der Waals surface area (Å²) in [6, 6.07) is 0. The molecular weight excluding hydrogens is 394 g/mol. The highest BCUT2D eigenvalue weighted by molar-refractivity contribution is 7.17. The molecule has 2 aromatic rings. The minimum Gasteiger partial charge on any atom is -0.365 e. The first-order chi connectivity index (χ1) is 13.7. The van der Waals surface area contributed by atoms with E-state index in [2.05, 4.69) is 17.3 Å². The third-order valence-corrected chi connectivity index (χ3v) is 6.48. The largest absolute Gasteiger partial charge is 0.365 e. The van der Waals surface area contributed by atoms with Crippen molar-refractivity contribution >= 4 is 33.8 Å². The Morgan fingerprint density at radius 2 is 2.14 bits per heavy atom. The molecule has 3 N–H and O–H groups in total. The molecule has 9 nitrogen and oxygen atoms in total. The topological polar surface area (TPSA) is 133 Å². The van der Waals surface area contributed by atoms with E-state index in [-0.39, 0.29) is 18.0 Å². The van der Waals surface area contributed by atoms with Crippen molar-refractivity contribution in [3.63, 3.8) is 0 Å². The number of aromatic nitrogens is 2. The molecule has 0 bridgehead atoms. The Hall–Kier alpha value is -2.75. The van der Waals surface area contributed by atoms with Gasteiger partial charge in [0.15, 0.2) is 0 Å². The number of hydrogen-bond acceptors (Lipinski definition) is 6. The molecule has 2 aromatic heterocycles. The zero-order valence-corrected chi connectivity index (χ0v) is 17.6. The Morgan fingerprint density at radius 1 is 1.41 bits per heavy atom. The highest BCUT2D eigenvalue weighted by Crippen LogP contribution is 2.39. The Balaban J connectivity index is 1.64. The van der Waals surface area contributed by atoms with Crippen LogP contribution in [-0.4, -0.2) is 26.5 Å². The standard InChI is InChI=1S/C19H25N5O4S/c1-10-6-7-13-14(9-10)29-19(16(13)18(20)26)21-15(25)5-4-8-23-12(3)17(24(27)28)11(2)22-23/h10H,4-9H2,1-3H3,(H2,20,26)(H,21,25)/t10-/m1/s1. The minimum atomic E-state index is -0.512. The molecule has 1 aliphatic carbocycles. The number of thiophene rings is 1. The molecule has 0 aromatic carbocycles. The van der Waals surface area contributed by atoms with Gasteiger partial charge < -0.3 is 11.1 Å². The maximum absolute atomic E-state index is 12.4. The molecule has 0 spiro atoms. The molecule has 10 heteroatoms. The van der Waals surface area contributed by atoms with Gasteiger partial charge in [0.25, 0.3) is 5.91 Å². The second-order valence-electron chi connectivity index (χ2n) is 7.57. The first-order valence-corrected chi connectivity index (χ1v) is 10.4. The quantitative estimate of drug-likeness (QED) is 0.525. The minimum absolute atomic E-state index is 0.0129. The van der Waals surface area contributed by atoms with Gasteiger partial charge in [-0.15, -0.1) is 11.3 Å². The van der Waals surface area contributed by atoms with Gasteiger partial charge in [-0.2, -0.15) is 5.10 Å². The molecule has 1 aliphatic rings. The SMILES string of the molecule is Cc1nn(CCCC(=O)Nc2sc3c(c2C(N)=O)CC[C@@H](C)C3)c(C)c1[N+](=O)[O-]. The zero-order valence-electron chi connectivity index (χ0n) is 16.8. The number of aryl methyl sites for hydroxylation is 2.